The zero-order valence-electron chi connectivity index (χ0n) is 20.3. The molecule has 2 N–H and O–H groups in total. The van der Waals surface area contributed by atoms with E-state index in [0.29, 0.717) is 18.4 Å². The van der Waals surface area contributed by atoms with Crippen molar-refractivity contribution in [1.29, 1.82) is 0 Å². The van der Waals surface area contributed by atoms with Crippen LogP contribution in [-0.4, -0.2) is 45.2 Å². The first-order valence-corrected chi connectivity index (χ1v) is 12.7. The smallest absolute Gasteiger partial charge is 0.191 e. The Labute approximate surface area is 214 Å². The zero-order chi connectivity index (χ0) is 22.6. The van der Waals surface area contributed by atoms with Gasteiger partial charge in [-0.2, -0.15) is 0 Å². The van der Waals surface area contributed by atoms with E-state index in [2.05, 4.69) is 70.2 Å². The van der Waals surface area contributed by atoms with Crippen molar-refractivity contribution in [3.63, 3.8) is 0 Å². The highest BCUT2D eigenvalue weighted by Crippen LogP contribution is 2.22. The summed E-state index contributed by atoms with van der Waals surface area (Å²) in [5, 5.41) is 20.6. The third-order valence-corrected chi connectivity index (χ3v) is 5.78. The molecule has 2 rings (SSSR count). The fraction of sp³-hybridized carbons (Fsp3) is 0.727. The van der Waals surface area contributed by atoms with Crippen molar-refractivity contribution in [3.05, 3.63) is 23.3 Å². The average molecular weight is 578 g/mol. The van der Waals surface area contributed by atoms with E-state index in [0.717, 1.165) is 73.7 Å². The molecule has 0 aromatic carbocycles. The fourth-order valence-corrected chi connectivity index (χ4v) is 3.98. The molecule has 0 fully saturated rings. The Morgan fingerprint density at radius 1 is 1.19 bits per heavy atom. The maximum atomic E-state index is 5.49. The molecule has 10 heteroatoms. The van der Waals surface area contributed by atoms with Crippen LogP contribution < -0.4 is 10.6 Å². The molecule has 2 aromatic rings. The number of guanidine groups is 1. The highest BCUT2D eigenvalue weighted by atomic mass is 127. The number of hydrogen-bond acceptors (Lipinski definition) is 6. The molecule has 0 spiro atoms. The minimum atomic E-state index is 0. The van der Waals surface area contributed by atoms with Gasteiger partial charge in [-0.05, 0) is 38.4 Å². The number of aromatic nitrogens is 4. The van der Waals surface area contributed by atoms with Crippen molar-refractivity contribution in [1.82, 2.24) is 30.6 Å². The fourth-order valence-electron chi connectivity index (χ4n) is 3.46. The Morgan fingerprint density at radius 3 is 2.56 bits per heavy atom. The van der Waals surface area contributed by atoms with Crippen molar-refractivity contribution in [2.45, 2.75) is 84.5 Å². The van der Waals surface area contributed by atoms with E-state index in [-0.39, 0.29) is 24.0 Å². The van der Waals surface area contributed by atoms with Gasteiger partial charge in [0.25, 0.3) is 0 Å². The highest BCUT2D eigenvalue weighted by molar-refractivity contribution is 14.0. The van der Waals surface area contributed by atoms with Crippen molar-refractivity contribution in [3.8, 4) is 0 Å². The average Bonchev–Trinajstić information content (AvgIpc) is 3.37. The van der Waals surface area contributed by atoms with Crippen molar-refractivity contribution in [2.75, 3.05) is 19.3 Å². The monoisotopic (exact) mass is 577 g/mol. The van der Waals surface area contributed by atoms with E-state index >= 15 is 0 Å². The third-order valence-electron chi connectivity index (χ3n) is 5.11. The number of aliphatic imine (C=N–C) groups is 1. The van der Waals surface area contributed by atoms with Crippen LogP contribution in [0.4, 0.5) is 0 Å². The van der Waals surface area contributed by atoms with E-state index in [1.54, 1.807) is 11.8 Å². The maximum absolute atomic E-state index is 5.49. The topological polar surface area (TPSA) is 93.2 Å². The molecule has 0 aliphatic rings. The van der Waals surface area contributed by atoms with Crippen LogP contribution in [0, 0.1) is 5.92 Å². The number of rotatable bonds is 13. The number of nitrogens with one attached hydrogen (secondary N) is 2. The van der Waals surface area contributed by atoms with Crippen LogP contribution in [0.15, 0.2) is 20.7 Å². The quantitative estimate of drug-likeness (QED) is 0.116. The van der Waals surface area contributed by atoms with E-state index in [9.17, 15) is 0 Å². The molecule has 0 amide bonds. The first kappa shape index (κ1) is 28.7. The van der Waals surface area contributed by atoms with E-state index in [4.69, 9.17) is 4.52 Å². The number of halogens is 1. The molecule has 2 aromatic heterocycles. The highest BCUT2D eigenvalue weighted by Gasteiger charge is 2.14. The molecule has 8 nitrogen and oxygen atoms in total. The van der Waals surface area contributed by atoms with Crippen molar-refractivity contribution >= 4 is 41.7 Å². The lowest BCUT2D eigenvalue weighted by atomic mass is 9.99. The molecule has 0 bridgehead atoms. The molecule has 0 saturated heterocycles. The summed E-state index contributed by atoms with van der Waals surface area (Å²) < 4.78 is 7.73. The van der Waals surface area contributed by atoms with Crippen LogP contribution in [0.25, 0.3) is 0 Å². The molecule has 32 heavy (non-hydrogen) atoms. The van der Waals surface area contributed by atoms with Crippen LogP contribution in [0.3, 0.4) is 0 Å². The second kappa shape index (κ2) is 15.5. The van der Waals surface area contributed by atoms with Crippen LogP contribution in [0.5, 0.6) is 0 Å². The first-order chi connectivity index (χ1) is 15.0. The van der Waals surface area contributed by atoms with Gasteiger partial charge in [0.15, 0.2) is 16.9 Å². The van der Waals surface area contributed by atoms with Gasteiger partial charge in [0.1, 0.15) is 12.4 Å². The molecule has 2 heterocycles. The van der Waals surface area contributed by atoms with Gasteiger partial charge in [0.2, 0.25) is 0 Å². The third kappa shape index (κ3) is 8.92. The Morgan fingerprint density at radius 2 is 1.94 bits per heavy atom. The Kier molecular flexibility index (Phi) is 13.9. The van der Waals surface area contributed by atoms with E-state index in [1.165, 1.54) is 0 Å². The predicted molar refractivity (Wildman–Crippen MR) is 143 cm³/mol. The summed E-state index contributed by atoms with van der Waals surface area (Å²) in [5.41, 5.74) is 1.03. The zero-order valence-corrected chi connectivity index (χ0v) is 23.5. The molecule has 0 radical (unpaired) electrons. The summed E-state index contributed by atoms with van der Waals surface area (Å²) in [6.07, 6.45) is 6.02. The minimum Gasteiger partial charge on any atom is -0.359 e. The normalized spacial score (nSPS) is 11.8. The predicted octanol–water partition coefficient (Wildman–Crippen LogP) is 4.85. The summed E-state index contributed by atoms with van der Waals surface area (Å²) >= 11 is 1.65. The minimum absolute atomic E-state index is 0. The Hall–Kier alpha value is -1.30. The molecule has 0 atom stereocenters. The molecule has 0 saturated carbocycles. The van der Waals surface area contributed by atoms with Crippen LogP contribution in [-0.2, 0) is 19.5 Å². The van der Waals surface area contributed by atoms with Crippen LogP contribution >= 0.6 is 35.7 Å². The number of thioether (sulfide) groups is 1. The molecule has 0 unspecified atom stereocenters. The number of hydrogen-bond donors (Lipinski definition) is 2. The van der Waals surface area contributed by atoms with Gasteiger partial charge in [-0.25, -0.2) is 4.99 Å². The van der Waals surface area contributed by atoms with E-state index < -0.39 is 0 Å². The van der Waals surface area contributed by atoms with Gasteiger partial charge in [-0.3, -0.25) is 0 Å². The summed E-state index contributed by atoms with van der Waals surface area (Å²) in [6.45, 7) is 13.9. The number of nitrogens with zero attached hydrogens (tertiary/aromatic N) is 5. The van der Waals surface area contributed by atoms with Crippen molar-refractivity contribution in [2.24, 2.45) is 10.9 Å². The van der Waals surface area contributed by atoms with Crippen LogP contribution in [0.1, 0.15) is 77.1 Å². The summed E-state index contributed by atoms with van der Waals surface area (Å²) in [5.74, 6) is 3.66. The van der Waals surface area contributed by atoms with Gasteiger partial charge < -0.3 is 19.7 Å². The van der Waals surface area contributed by atoms with Gasteiger partial charge in [0.05, 0.1) is 5.69 Å². The largest absolute Gasteiger partial charge is 0.359 e. The summed E-state index contributed by atoms with van der Waals surface area (Å²) in [7, 11) is 0. The molecule has 0 aliphatic heterocycles. The molecular formula is C22H40IN7OS. The second-order valence-electron chi connectivity index (χ2n) is 8.06. The van der Waals surface area contributed by atoms with Crippen LogP contribution in [0.2, 0.25) is 0 Å². The van der Waals surface area contributed by atoms with Gasteiger partial charge in [0, 0.05) is 38.0 Å². The molecule has 0 aliphatic carbocycles. The van der Waals surface area contributed by atoms with Crippen molar-refractivity contribution < 1.29 is 4.52 Å². The standard InChI is InChI=1S/C22H39N7OS.HI/c1-7-17(8-2)19-13-18(30-28-19)14-25-21(23-9-3)24-12-10-11-20-26-27-22(31-6)29(20)15-16(4)5;/h13,16-17H,7-12,14-15H2,1-6H3,(H2,23,24,25);1H. The lowest BCUT2D eigenvalue weighted by Gasteiger charge is -2.13. The Balaban J connectivity index is 0.00000512. The lowest BCUT2D eigenvalue weighted by molar-refractivity contribution is 0.372. The van der Waals surface area contributed by atoms with Gasteiger partial charge in [-0.1, -0.05) is 44.6 Å². The number of aryl methyl sites for hydroxylation is 1. The maximum Gasteiger partial charge on any atom is 0.191 e. The van der Waals surface area contributed by atoms with Gasteiger partial charge >= 0.3 is 0 Å². The first-order valence-electron chi connectivity index (χ1n) is 11.5. The summed E-state index contributed by atoms with van der Waals surface area (Å²) in [4.78, 5) is 4.65. The summed E-state index contributed by atoms with van der Waals surface area (Å²) in [6, 6.07) is 2.04. The lowest BCUT2D eigenvalue weighted by Crippen LogP contribution is -2.37. The Bertz CT molecular complexity index is 802. The SMILES string of the molecule is CCNC(=NCc1cc(C(CC)CC)no1)NCCCc1nnc(SC)n1CC(C)C.I. The van der Waals surface area contributed by atoms with E-state index in [1.807, 2.05) is 12.3 Å². The molecule has 182 valence electrons. The molecular weight excluding hydrogens is 537 g/mol. The van der Waals surface area contributed by atoms with Gasteiger partial charge in [-0.15, -0.1) is 34.2 Å². The second-order valence-corrected chi connectivity index (χ2v) is 8.84.